The number of ether oxygens (including phenoxy) is 1. The van der Waals surface area contributed by atoms with Gasteiger partial charge in [0, 0.05) is 6.04 Å². The van der Waals surface area contributed by atoms with Crippen LogP contribution in [0.15, 0.2) is 18.2 Å². The van der Waals surface area contributed by atoms with Gasteiger partial charge in [0.2, 0.25) is 0 Å². The Morgan fingerprint density at radius 1 is 1.47 bits per heavy atom. The summed E-state index contributed by atoms with van der Waals surface area (Å²) in [7, 11) is 0. The molecule has 0 spiro atoms. The van der Waals surface area contributed by atoms with Crippen LogP contribution >= 0.6 is 23.4 Å². The summed E-state index contributed by atoms with van der Waals surface area (Å²) < 4.78 is 5.77. The van der Waals surface area contributed by atoms with E-state index in [-0.39, 0.29) is 6.04 Å². The molecule has 0 bridgehead atoms. The molecular weight excluding hydrogens is 254 g/mol. The first-order valence-electron chi connectivity index (χ1n) is 5.80. The molecular formula is C13H20ClNOS. The molecule has 2 nitrogen and oxygen atoms in total. The zero-order chi connectivity index (χ0) is 12.7. The fraction of sp³-hybridized carbons (Fsp3) is 0.538. The quantitative estimate of drug-likeness (QED) is 0.774. The highest BCUT2D eigenvalue weighted by Crippen LogP contribution is 2.29. The third-order valence-corrected chi connectivity index (χ3v) is 3.32. The van der Waals surface area contributed by atoms with Crippen LogP contribution in [-0.4, -0.2) is 24.7 Å². The van der Waals surface area contributed by atoms with E-state index in [1.807, 2.05) is 36.9 Å². The molecule has 0 amide bonds. The van der Waals surface area contributed by atoms with Crippen LogP contribution in [0.5, 0.6) is 5.75 Å². The maximum absolute atomic E-state index is 6.15. The average Bonchev–Trinajstić information content (AvgIpc) is 2.26. The minimum absolute atomic E-state index is 0.113. The molecule has 0 aliphatic heterocycles. The first kappa shape index (κ1) is 14.7. The second kappa shape index (κ2) is 7.85. The van der Waals surface area contributed by atoms with Crippen molar-refractivity contribution >= 4 is 23.4 Å². The minimum Gasteiger partial charge on any atom is -0.492 e. The first-order chi connectivity index (χ1) is 8.15. The molecule has 2 N–H and O–H groups in total. The van der Waals surface area contributed by atoms with Crippen LogP contribution in [0.1, 0.15) is 18.9 Å². The zero-order valence-electron chi connectivity index (χ0n) is 10.4. The lowest BCUT2D eigenvalue weighted by atomic mass is 10.1. The third kappa shape index (κ3) is 5.19. The lowest BCUT2D eigenvalue weighted by molar-refractivity contribution is 0.315. The van der Waals surface area contributed by atoms with Gasteiger partial charge in [-0.1, -0.05) is 23.7 Å². The first-order valence-corrected chi connectivity index (χ1v) is 7.57. The van der Waals surface area contributed by atoms with Crippen molar-refractivity contribution in [2.45, 2.75) is 25.8 Å². The molecule has 17 heavy (non-hydrogen) atoms. The number of rotatable bonds is 7. The minimum atomic E-state index is 0.113. The van der Waals surface area contributed by atoms with Gasteiger partial charge in [-0.2, -0.15) is 11.8 Å². The van der Waals surface area contributed by atoms with Crippen LogP contribution in [0.2, 0.25) is 5.02 Å². The van der Waals surface area contributed by atoms with E-state index < -0.39 is 0 Å². The van der Waals surface area contributed by atoms with Gasteiger partial charge in [-0.15, -0.1) is 0 Å². The van der Waals surface area contributed by atoms with E-state index in [2.05, 4.69) is 6.26 Å². The topological polar surface area (TPSA) is 35.2 Å². The summed E-state index contributed by atoms with van der Waals surface area (Å²) in [4.78, 5) is 0. The van der Waals surface area contributed by atoms with Gasteiger partial charge in [0.15, 0.2) is 0 Å². The zero-order valence-corrected chi connectivity index (χ0v) is 12.0. The van der Waals surface area contributed by atoms with Gasteiger partial charge in [0.05, 0.1) is 11.6 Å². The van der Waals surface area contributed by atoms with Gasteiger partial charge in [0.1, 0.15) is 5.75 Å². The highest BCUT2D eigenvalue weighted by Gasteiger charge is 2.09. The van der Waals surface area contributed by atoms with E-state index in [4.69, 9.17) is 22.1 Å². The van der Waals surface area contributed by atoms with E-state index in [1.54, 1.807) is 0 Å². The van der Waals surface area contributed by atoms with Crippen molar-refractivity contribution in [3.63, 3.8) is 0 Å². The number of hydrogen-bond acceptors (Lipinski definition) is 3. The molecule has 0 fully saturated rings. The summed E-state index contributed by atoms with van der Waals surface area (Å²) in [6.45, 7) is 2.69. The van der Waals surface area contributed by atoms with Crippen LogP contribution < -0.4 is 10.5 Å². The van der Waals surface area contributed by atoms with Crippen molar-refractivity contribution in [3.05, 3.63) is 28.8 Å². The molecule has 1 atom stereocenters. The van der Waals surface area contributed by atoms with Gasteiger partial charge < -0.3 is 10.5 Å². The maximum atomic E-state index is 6.15. The number of thioether (sulfide) groups is 1. The van der Waals surface area contributed by atoms with E-state index in [0.29, 0.717) is 11.6 Å². The second-order valence-electron chi connectivity index (χ2n) is 4.10. The number of benzene rings is 1. The average molecular weight is 274 g/mol. The Hall–Kier alpha value is -0.380. The van der Waals surface area contributed by atoms with Crippen molar-refractivity contribution in [2.75, 3.05) is 18.6 Å². The van der Waals surface area contributed by atoms with E-state index >= 15 is 0 Å². The molecule has 1 unspecified atom stereocenters. The molecule has 0 heterocycles. The van der Waals surface area contributed by atoms with E-state index in [0.717, 1.165) is 29.9 Å². The normalized spacial score (nSPS) is 12.5. The number of nitrogens with two attached hydrogens (primary N) is 1. The molecule has 0 aromatic heterocycles. The van der Waals surface area contributed by atoms with Crippen LogP contribution in [0.3, 0.4) is 0 Å². The lowest BCUT2D eigenvalue weighted by Crippen LogP contribution is -2.18. The number of para-hydroxylation sites is 1. The van der Waals surface area contributed by atoms with Gasteiger partial charge >= 0.3 is 0 Å². The Morgan fingerprint density at radius 3 is 2.88 bits per heavy atom. The summed E-state index contributed by atoms with van der Waals surface area (Å²) in [6.07, 6.45) is 3.92. The maximum Gasteiger partial charge on any atom is 0.141 e. The largest absolute Gasteiger partial charge is 0.492 e. The van der Waals surface area contributed by atoms with E-state index in [9.17, 15) is 0 Å². The molecule has 0 saturated carbocycles. The summed E-state index contributed by atoms with van der Waals surface area (Å²) in [6, 6.07) is 5.94. The summed E-state index contributed by atoms with van der Waals surface area (Å²) in [5.41, 5.74) is 6.91. The SMILES string of the molecule is CSCCCOc1c(Cl)cccc1CC(C)N. The molecule has 0 aliphatic carbocycles. The molecule has 0 saturated heterocycles. The highest BCUT2D eigenvalue weighted by molar-refractivity contribution is 7.98. The molecule has 96 valence electrons. The molecule has 1 rings (SSSR count). The highest BCUT2D eigenvalue weighted by atomic mass is 35.5. The Bertz CT molecular complexity index is 344. The van der Waals surface area contributed by atoms with Crippen molar-refractivity contribution in [1.29, 1.82) is 0 Å². The Morgan fingerprint density at radius 2 is 2.24 bits per heavy atom. The van der Waals surface area contributed by atoms with Crippen LogP contribution in [0, 0.1) is 0 Å². The van der Waals surface area contributed by atoms with E-state index in [1.165, 1.54) is 0 Å². The standard InChI is InChI=1S/C13H20ClNOS/c1-10(15)9-11-5-3-6-12(14)13(11)16-7-4-8-17-2/h3,5-6,10H,4,7-9,15H2,1-2H3. The van der Waals surface area contributed by atoms with Gasteiger partial charge in [-0.25, -0.2) is 0 Å². The van der Waals surface area contributed by atoms with Crippen molar-refractivity contribution in [1.82, 2.24) is 0 Å². The van der Waals surface area contributed by atoms with Crippen LogP contribution in [0.4, 0.5) is 0 Å². The number of hydrogen-bond donors (Lipinski definition) is 1. The van der Waals surface area contributed by atoms with Crippen molar-refractivity contribution < 1.29 is 4.74 Å². The lowest BCUT2D eigenvalue weighted by Gasteiger charge is -2.14. The molecule has 4 heteroatoms. The Labute approximate surface area is 113 Å². The van der Waals surface area contributed by atoms with Crippen molar-refractivity contribution in [3.8, 4) is 5.75 Å². The molecule has 1 aromatic carbocycles. The van der Waals surface area contributed by atoms with Crippen LogP contribution in [-0.2, 0) is 6.42 Å². The fourth-order valence-corrected chi connectivity index (χ4v) is 2.26. The summed E-state index contributed by atoms with van der Waals surface area (Å²) >= 11 is 7.98. The number of halogens is 1. The third-order valence-electron chi connectivity index (χ3n) is 2.33. The molecule has 0 radical (unpaired) electrons. The van der Waals surface area contributed by atoms with Gasteiger partial charge in [0.25, 0.3) is 0 Å². The van der Waals surface area contributed by atoms with Crippen molar-refractivity contribution in [2.24, 2.45) is 5.73 Å². The predicted octanol–water partition coefficient (Wildman–Crippen LogP) is 3.36. The summed E-state index contributed by atoms with van der Waals surface area (Å²) in [5.74, 6) is 1.90. The van der Waals surface area contributed by atoms with Gasteiger partial charge in [-0.05, 0) is 43.4 Å². The smallest absolute Gasteiger partial charge is 0.141 e. The predicted molar refractivity (Wildman–Crippen MR) is 77.3 cm³/mol. The second-order valence-corrected chi connectivity index (χ2v) is 5.50. The molecule has 0 aliphatic rings. The fourth-order valence-electron chi connectivity index (χ4n) is 1.60. The Kier molecular flexibility index (Phi) is 6.78. The van der Waals surface area contributed by atoms with Crippen LogP contribution in [0.25, 0.3) is 0 Å². The summed E-state index contributed by atoms with van der Waals surface area (Å²) in [5, 5.41) is 0.673. The molecule has 1 aromatic rings. The monoisotopic (exact) mass is 273 g/mol. The van der Waals surface area contributed by atoms with Gasteiger partial charge in [-0.3, -0.25) is 0 Å². The Balaban J connectivity index is 2.66.